The van der Waals surface area contributed by atoms with E-state index >= 15 is 0 Å². The van der Waals surface area contributed by atoms with E-state index in [4.69, 9.17) is 4.74 Å². The van der Waals surface area contributed by atoms with Gasteiger partial charge in [0.15, 0.2) is 0 Å². The Balaban J connectivity index is 0.00000324. The number of carboxylic acid groups (broad SMARTS) is 1. The third kappa shape index (κ3) is 4.31. The molecule has 2 aromatic rings. The van der Waals surface area contributed by atoms with Crippen molar-refractivity contribution in [3.8, 4) is 6.07 Å². The van der Waals surface area contributed by atoms with Gasteiger partial charge in [-0.1, -0.05) is 26.0 Å². The summed E-state index contributed by atoms with van der Waals surface area (Å²) < 4.78 is 5.36. The predicted molar refractivity (Wildman–Crippen MR) is 128 cm³/mol. The van der Waals surface area contributed by atoms with Crippen LogP contribution in [0.2, 0.25) is 0 Å². The first-order chi connectivity index (χ1) is 15.8. The average Bonchev–Trinajstić information content (AvgIpc) is 3.17. The fourth-order valence-electron chi connectivity index (χ4n) is 4.63. The van der Waals surface area contributed by atoms with Gasteiger partial charge >= 0.3 is 5.97 Å². The van der Waals surface area contributed by atoms with Crippen LogP contribution >= 0.6 is 12.4 Å². The van der Waals surface area contributed by atoms with Crippen LogP contribution in [-0.4, -0.2) is 46.7 Å². The number of halogens is 1. The molecule has 1 amide bonds. The van der Waals surface area contributed by atoms with Gasteiger partial charge in [-0.2, -0.15) is 10.2 Å². The molecule has 2 fully saturated rings. The Morgan fingerprint density at radius 2 is 1.88 bits per heavy atom. The highest BCUT2D eigenvalue weighted by Gasteiger charge is 2.50. The molecule has 1 aromatic carbocycles. The summed E-state index contributed by atoms with van der Waals surface area (Å²) >= 11 is 0. The maximum Gasteiger partial charge on any atom is 0.314 e. The van der Waals surface area contributed by atoms with Gasteiger partial charge in [-0.3, -0.25) is 14.5 Å². The zero-order valence-electron chi connectivity index (χ0n) is 19.2. The monoisotopic (exact) mass is 485 g/mol. The van der Waals surface area contributed by atoms with Crippen LogP contribution in [0.25, 0.3) is 0 Å². The number of nitriles is 1. The summed E-state index contributed by atoms with van der Waals surface area (Å²) in [4.78, 5) is 35.3. The zero-order chi connectivity index (χ0) is 23.6. The predicted octanol–water partition coefficient (Wildman–Crippen LogP) is 3.68. The standard InChI is InChI=1S/C24H27N5O4.ClH/c1-16(2)24(15-25)8-12-29(20(24)30)19-7-11-26-22(28-19)27-18-5-3-17(4-6-18)23(21(31)32)9-13-33-14-10-23;/h3-7,11,16H,8-10,12-14H2,1-2H3,(H,31,32)(H,26,27,28);1H/t24-;/m1./s1. The first-order valence-corrected chi connectivity index (χ1v) is 11.1. The number of hydrogen-bond acceptors (Lipinski definition) is 7. The van der Waals surface area contributed by atoms with E-state index in [-0.39, 0.29) is 24.2 Å². The highest BCUT2D eigenvalue weighted by Crippen LogP contribution is 2.40. The maximum atomic E-state index is 13.0. The molecule has 0 spiro atoms. The molecule has 3 heterocycles. The fraction of sp³-hybridized carbons (Fsp3) is 0.458. The van der Waals surface area contributed by atoms with Gasteiger partial charge in [0.2, 0.25) is 11.9 Å². The largest absolute Gasteiger partial charge is 0.481 e. The second-order valence-electron chi connectivity index (χ2n) is 8.89. The molecule has 0 radical (unpaired) electrons. The van der Waals surface area contributed by atoms with Gasteiger partial charge in [0.25, 0.3) is 0 Å². The molecule has 1 aromatic heterocycles. The van der Waals surface area contributed by atoms with E-state index in [0.717, 1.165) is 5.56 Å². The molecule has 0 unspecified atom stereocenters. The van der Waals surface area contributed by atoms with Crippen LogP contribution in [0.5, 0.6) is 0 Å². The summed E-state index contributed by atoms with van der Waals surface area (Å²) in [7, 11) is 0. The van der Waals surface area contributed by atoms with Crippen LogP contribution in [0.4, 0.5) is 17.5 Å². The molecular formula is C24H28ClN5O4. The summed E-state index contributed by atoms with van der Waals surface area (Å²) in [6.45, 7) is 5.04. The van der Waals surface area contributed by atoms with E-state index in [2.05, 4.69) is 21.4 Å². The van der Waals surface area contributed by atoms with Crippen molar-refractivity contribution in [1.82, 2.24) is 9.97 Å². The number of nitrogens with zero attached hydrogens (tertiary/aromatic N) is 4. The number of ether oxygens (including phenoxy) is 1. The van der Waals surface area contributed by atoms with Crippen molar-refractivity contribution in [2.75, 3.05) is 30.0 Å². The Hall–Kier alpha value is -3.22. The molecule has 0 saturated carbocycles. The van der Waals surface area contributed by atoms with E-state index in [1.54, 1.807) is 41.4 Å². The number of hydrogen-bond donors (Lipinski definition) is 2. The van der Waals surface area contributed by atoms with E-state index < -0.39 is 16.8 Å². The SMILES string of the molecule is CC(C)[C@]1(C#N)CCN(c2ccnc(Nc3ccc(C4(C(=O)O)CCOCC4)cc3)n2)C1=O.Cl. The van der Waals surface area contributed by atoms with Crippen molar-refractivity contribution in [2.45, 2.75) is 38.5 Å². The topological polar surface area (TPSA) is 128 Å². The van der Waals surface area contributed by atoms with Crippen LogP contribution < -0.4 is 10.2 Å². The van der Waals surface area contributed by atoms with Gasteiger partial charge < -0.3 is 15.2 Å². The van der Waals surface area contributed by atoms with E-state index in [9.17, 15) is 20.0 Å². The number of carbonyl (C=O) groups is 2. The Kier molecular flexibility index (Phi) is 7.44. The average molecular weight is 486 g/mol. The lowest BCUT2D eigenvalue weighted by Gasteiger charge is -2.33. The summed E-state index contributed by atoms with van der Waals surface area (Å²) in [5.41, 5.74) is -0.529. The lowest BCUT2D eigenvalue weighted by molar-refractivity contribution is -0.147. The number of carbonyl (C=O) groups excluding carboxylic acids is 1. The minimum absolute atomic E-state index is 0. The van der Waals surface area contributed by atoms with Gasteiger partial charge in [0.05, 0.1) is 11.5 Å². The van der Waals surface area contributed by atoms with Crippen LogP contribution in [0, 0.1) is 22.7 Å². The van der Waals surface area contributed by atoms with E-state index in [0.29, 0.717) is 56.5 Å². The molecule has 180 valence electrons. The Morgan fingerprint density at radius 3 is 2.44 bits per heavy atom. The number of aromatic nitrogens is 2. The number of aliphatic carboxylic acids is 1. The smallest absolute Gasteiger partial charge is 0.314 e. The second kappa shape index (κ2) is 9.95. The molecule has 2 aliphatic rings. The number of nitrogens with one attached hydrogen (secondary N) is 1. The normalized spacial score (nSPS) is 21.6. The number of amides is 1. The molecule has 2 N–H and O–H groups in total. The molecule has 4 rings (SSSR count). The number of carboxylic acids is 1. The molecule has 9 nitrogen and oxygen atoms in total. The van der Waals surface area contributed by atoms with Crippen molar-refractivity contribution in [3.05, 3.63) is 42.1 Å². The third-order valence-electron chi connectivity index (χ3n) is 6.91. The molecule has 0 aliphatic carbocycles. The number of rotatable bonds is 6. The lowest BCUT2D eigenvalue weighted by Crippen LogP contribution is -2.41. The highest BCUT2D eigenvalue weighted by atomic mass is 35.5. The van der Waals surface area contributed by atoms with Crippen molar-refractivity contribution in [2.24, 2.45) is 11.3 Å². The van der Waals surface area contributed by atoms with Crippen LogP contribution in [0.15, 0.2) is 36.5 Å². The number of anilines is 3. The summed E-state index contributed by atoms with van der Waals surface area (Å²) in [6, 6.07) is 11.1. The van der Waals surface area contributed by atoms with Gasteiger partial charge in [-0.15, -0.1) is 12.4 Å². The van der Waals surface area contributed by atoms with E-state index in [1.807, 2.05) is 13.8 Å². The minimum Gasteiger partial charge on any atom is -0.481 e. The second-order valence-corrected chi connectivity index (χ2v) is 8.89. The molecule has 0 bridgehead atoms. The minimum atomic E-state index is -1.03. The van der Waals surface area contributed by atoms with Gasteiger partial charge in [0, 0.05) is 31.6 Å². The summed E-state index contributed by atoms with van der Waals surface area (Å²) in [5, 5.41) is 22.6. The molecule has 34 heavy (non-hydrogen) atoms. The molecule has 10 heteroatoms. The maximum absolute atomic E-state index is 13.0. The first-order valence-electron chi connectivity index (χ1n) is 11.1. The van der Waals surface area contributed by atoms with Gasteiger partial charge in [-0.25, -0.2) is 4.98 Å². The van der Waals surface area contributed by atoms with E-state index in [1.165, 1.54) is 0 Å². The van der Waals surface area contributed by atoms with Crippen LogP contribution in [0.3, 0.4) is 0 Å². The summed E-state index contributed by atoms with van der Waals surface area (Å²) in [5.74, 6) is -0.412. The molecular weight excluding hydrogens is 458 g/mol. The molecule has 2 aliphatic heterocycles. The Morgan fingerprint density at radius 1 is 1.21 bits per heavy atom. The number of benzene rings is 1. The van der Waals surface area contributed by atoms with Gasteiger partial charge in [0.1, 0.15) is 11.2 Å². The van der Waals surface area contributed by atoms with Crippen molar-refractivity contribution < 1.29 is 19.4 Å². The van der Waals surface area contributed by atoms with Crippen molar-refractivity contribution in [1.29, 1.82) is 5.26 Å². The molecule has 1 atom stereocenters. The Labute approximate surface area is 204 Å². The van der Waals surface area contributed by atoms with Crippen LogP contribution in [0.1, 0.15) is 38.7 Å². The van der Waals surface area contributed by atoms with Gasteiger partial charge in [-0.05, 0) is 48.9 Å². The molecule has 2 saturated heterocycles. The highest BCUT2D eigenvalue weighted by molar-refractivity contribution is 6.01. The Bertz CT molecular complexity index is 1100. The fourth-order valence-corrected chi connectivity index (χ4v) is 4.63. The van der Waals surface area contributed by atoms with Crippen LogP contribution in [-0.2, 0) is 19.7 Å². The summed E-state index contributed by atoms with van der Waals surface area (Å²) in [6.07, 6.45) is 2.90. The lowest BCUT2D eigenvalue weighted by atomic mass is 9.74. The van der Waals surface area contributed by atoms with Crippen molar-refractivity contribution in [3.63, 3.8) is 0 Å². The third-order valence-corrected chi connectivity index (χ3v) is 6.91. The van der Waals surface area contributed by atoms with Crippen molar-refractivity contribution >= 4 is 41.7 Å². The first kappa shape index (κ1) is 25.4. The quantitative estimate of drug-likeness (QED) is 0.634. The zero-order valence-corrected chi connectivity index (χ0v) is 20.0.